The Hall–Kier alpha value is -4.14. The molecule has 0 aliphatic heterocycles. The fourth-order valence-electron chi connectivity index (χ4n) is 3.04. The van der Waals surface area contributed by atoms with Crippen LogP contribution in [-0.2, 0) is 11.3 Å². The Balaban J connectivity index is 1.59. The first-order valence-corrected chi connectivity index (χ1v) is 9.12. The van der Waals surface area contributed by atoms with Gasteiger partial charge in [-0.2, -0.15) is 5.10 Å². The number of hydrogen-bond donors (Lipinski definition) is 2. The molecular weight excluding hydrogens is 386 g/mol. The second-order valence-electron chi connectivity index (χ2n) is 6.43. The number of nitrogens with one attached hydrogen (secondary N) is 2. The second kappa shape index (κ2) is 8.08. The zero-order valence-corrected chi connectivity index (χ0v) is 16.4. The molecule has 0 bridgehead atoms. The molecule has 0 spiro atoms. The van der Waals surface area contributed by atoms with Crippen molar-refractivity contribution in [2.24, 2.45) is 0 Å². The van der Waals surface area contributed by atoms with E-state index in [2.05, 4.69) is 20.4 Å². The van der Waals surface area contributed by atoms with Gasteiger partial charge in [-0.05, 0) is 36.4 Å². The van der Waals surface area contributed by atoms with Gasteiger partial charge in [-0.1, -0.05) is 12.1 Å². The zero-order chi connectivity index (χ0) is 21.1. The molecule has 1 amide bonds. The van der Waals surface area contributed by atoms with E-state index in [1.54, 1.807) is 38.5 Å². The van der Waals surface area contributed by atoms with Crippen LogP contribution < -0.4 is 20.3 Å². The Kier molecular flexibility index (Phi) is 5.17. The summed E-state index contributed by atoms with van der Waals surface area (Å²) in [7, 11) is 3.10. The maximum atomic E-state index is 12.5. The minimum atomic E-state index is -0.432. The van der Waals surface area contributed by atoms with Gasteiger partial charge >= 0.3 is 0 Å². The third kappa shape index (κ3) is 3.86. The van der Waals surface area contributed by atoms with Crippen molar-refractivity contribution in [3.8, 4) is 22.8 Å². The van der Waals surface area contributed by atoms with Gasteiger partial charge in [0.05, 0.1) is 30.9 Å². The molecule has 4 rings (SSSR count). The Labute approximate surface area is 171 Å². The molecule has 9 heteroatoms. The number of imidazole rings is 1. The lowest BCUT2D eigenvalue weighted by Gasteiger charge is -2.11. The second-order valence-corrected chi connectivity index (χ2v) is 6.43. The summed E-state index contributed by atoms with van der Waals surface area (Å²) in [5, 5.41) is 6.99. The van der Waals surface area contributed by atoms with Gasteiger partial charge in [0.2, 0.25) is 11.9 Å². The molecular formula is C21H19N5O4. The average Bonchev–Trinajstić information content (AvgIpc) is 3.17. The molecule has 4 aromatic rings. The summed E-state index contributed by atoms with van der Waals surface area (Å²) < 4.78 is 11.7. The molecule has 2 aromatic carbocycles. The number of H-pyrrole nitrogens is 1. The topological polar surface area (TPSA) is 111 Å². The highest BCUT2D eigenvalue weighted by molar-refractivity contribution is 5.90. The fourth-order valence-corrected chi connectivity index (χ4v) is 3.04. The number of carbonyl (C=O) groups excluding carboxylic acids is 1. The van der Waals surface area contributed by atoms with E-state index in [9.17, 15) is 9.59 Å². The molecule has 2 heterocycles. The first kappa shape index (κ1) is 19.2. The number of anilines is 1. The van der Waals surface area contributed by atoms with Crippen molar-refractivity contribution in [3.05, 3.63) is 65.0 Å². The number of rotatable bonds is 6. The molecule has 0 unspecified atom stereocenters. The monoisotopic (exact) mass is 405 g/mol. The molecule has 0 fully saturated rings. The van der Waals surface area contributed by atoms with Crippen LogP contribution in [0.15, 0.2) is 59.4 Å². The first-order valence-electron chi connectivity index (χ1n) is 9.12. The molecule has 2 aromatic heterocycles. The Morgan fingerprint density at radius 1 is 1.10 bits per heavy atom. The van der Waals surface area contributed by atoms with E-state index in [-0.39, 0.29) is 6.54 Å². The van der Waals surface area contributed by atoms with Gasteiger partial charge in [0.25, 0.3) is 5.56 Å². The van der Waals surface area contributed by atoms with Gasteiger partial charge in [-0.3, -0.25) is 14.9 Å². The van der Waals surface area contributed by atoms with E-state index >= 15 is 0 Å². The van der Waals surface area contributed by atoms with E-state index < -0.39 is 11.5 Å². The van der Waals surface area contributed by atoms with Crippen LogP contribution in [0.1, 0.15) is 0 Å². The molecule has 0 atom stereocenters. The molecule has 0 aliphatic rings. The number of ether oxygens (including phenoxy) is 2. The number of aromatic amines is 1. The molecule has 0 saturated carbocycles. The number of hydrogen-bond acceptors (Lipinski definition) is 6. The Morgan fingerprint density at radius 3 is 2.70 bits per heavy atom. The fraction of sp³-hybridized carbons (Fsp3) is 0.143. The quantitative estimate of drug-likeness (QED) is 0.510. The van der Waals surface area contributed by atoms with Crippen LogP contribution in [0.2, 0.25) is 0 Å². The summed E-state index contributed by atoms with van der Waals surface area (Å²) in [5.41, 5.74) is 2.25. The first-order chi connectivity index (χ1) is 14.6. The summed E-state index contributed by atoms with van der Waals surface area (Å²) in [6.07, 6.45) is 0. The van der Waals surface area contributed by atoms with Gasteiger partial charge in [0.15, 0.2) is 0 Å². The molecule has 0 radical (unpaired) electrons. The third-order valence-corrected chi connectivity index (χ3v) is 4.49. The number of nitrogens with zero attached hydrogens (tertiary/aromatic N) is 3. The van der Waals surface area contributed by atoms with Crippen molar-refractivity contribution in [1.29, 1.82) is 0 Å². The van der Waals surface area contributed by atoms with Gasteiger partial charge in [0.1, 0.15) is 18.0 Å². The number of fused-ring (bicyclic) bond motifs is 1. The van der Waals surface area contributed by atoms with Crippen molar-refractivity contribution in [2.75, 3.05) is 19.5 Å². The van der Waals surface area contributed by atoms with Gasteiger partial charge in [0, 0.05) is 11.6 Å². The molecule has 9 nitrogen and oxygen atoms in total. The Morgan fingerprint density at radius 2 is 1.93 bits per heavy atom. The largest absolute Gasteiger partial charge is 0.497 e. The predicted molar refractivity (Wildman–Crippen MR) is 112 cm³/mol. The lowest BCUT2D eigenvalue weighted by atomic mass is 10.1. The minimum Gasteiger partial charge on any atom is -0.497 e. The highest BCUT2D eigenvalue weighted by Crippen LogP contribution is 2.31. The highest BCUT2D eigenvalue weighted by atomic mass is 16.5. The average molecular weight is 405 g/mol. The van der Waals surface area contributed by atoms with Gasteiger partial charge in [-0.15, -0.1) is 0 Å². The SMILES string of the molecule is COc1ccc(OC)c(-c2ccc(=O)n(CC(=O)Nc3nc4ccccc4[nH]3)n2)c1. The number of carbonyl (C=O) groups is 1. The van der Waals surface area contributed by atoms with E-state index in [1.165, 1.54) is 6.07 Å². The lowest BCUT2D eigenvalue weighted by molar-refractivity contribution is -0.117. The molecule has 2 N–H and O–H groups in total. The lowest BCUT2D eigenvalue weighted by Crippen LogP contribution is -2.29. The van der Waals surface area contributed by atoms with Crippen LogP contribution in [0.5, 0.6) is 11.5 Å². The van der Waals surface area contributed by atoms with Crippen LogP contribution >= 0.6 is 0 Å². The summed E-state index contributed by atoms with van der Waals surface area (Å²) in [6, 6.07) is 15.6. The van der Waals surface area contributed by atoms with Gasteiger partial charge in [-0.25, -0.2) is 9.67 Å². The van der Waals surface area contributed by atoms with E-state index in [0.717, 1.165) is 15.7 Å². The van der Waals surface area contributed by atoms with Crippen LogP contribution in [-0.4, -0.2) is 39.9 Å². The van der Waals surface area contributed by atoms with Crippen molar-refractivity contribution in [1.82, 2.24) is 19.7 Å². The normalized spacial score (nSPS) is 10.7. The molecule has 0 saturated heterocycles. The number of amides is 1. The smallest absolute Gasteiger partial charge is 0.267 e. The van der Waals surface area contributed by atoms with Crippen molar-refractivity contribution < 1.29 is 14.3 Å². The van der Waals surface area contributed by atoms with E-state index in [4.69, 9.17) is 9.47 Å². The standard InChI is InChI=1S/C21H19N5O4/c1-29-13-7-9-18(30-2)14(11-13)15-8-10-20(28)26(25-15)12-19(27)24-21-22-16-5-3-4-6-17(16)23-21/h3-11H,12H2,1-2H3,(H2,22,23,24,27). The summed E-state index contributed by atoms with van der Waals surface area (Å²) >= 11 is 0. The van der Waals surface area contributed by atoms with Crippen molar-refractivity contribution in [3.63, 3.8) is 0 Å². The number of benzene rings is 2. The minimum absolute atomic E-state index is 0.268. The van der Waals surface area contributed by atoms with Crippen LogP contribution in [0.25, 0.3) is 22.3 Å². The Bertz CT molecular complexity index is 1240. The highest BCUT2D eigenvalue weighted by Gasteiger charge is 2.13. The number of para-hydroxylation sites is 2. The van der Waals surface area contributed by atoms with Crippen LogP contribution in [0.4, 0.5) is 5.95 Å². The van der Waals surface area contributed by atoms with Crippen LogP contribution in [0.3, 0.4) is 0 Å². The third-order valence-electron chi connectivity index (χ3n) is 4.49. The maximum absolute atomic E-state index is 12.5. The predicted octanol–water partition coefficient (Wildman–Crippen LogP) is 2.44. The zero-order valence-electron chi connectivity index (χ0n) is 16.4. The summed E-state index contributed by atoms with van der Waals surface area (Å²) in [6.45, 7) is -0.268. The summed E-state index contributed by atoms with van der Waals surface area (Å²) in [5.74, 6) is 1.06. The van der Waals surface area contributed by atoms with Crippen molar-refractivity contribution >= 4 is 22.9 Å². The van der Waals surface area contributed by atoms with Crippen molar-refractivity contribution in [2.45, 2.75) is 6.54 Å². The number of methoxy groups -OCH3 is 2. The van der Waals surface area contributed by atoms with Crippen LogP contribution in [0, 0.1) is 0 Å². The number of aromatic nitrogens is 4. The summed E-state index contributed by atoms with van der Waals surface area (Å²) in [4.78, 5) is 32.0. The molecule has 0 aliphatic carbocycles. The van der Waals surface area contributed by atoms with E-state index in [0.29, 0.717) is 28.7 Å². The van der Waals surface area contributed by atoms with Gasteiger partial charge < -0.3 is 14.5 Å². The van der Waals surface area contributed by atoms with E-state index in [1.807, 2.05) is 24.3 Å². The molecule has 30 heavy (non-hydrogen) atoms. The molecule has 152 valence electrons. The maximum Gasteiger partial charge on any atom is 0.267 e.